The number of aliphatic hydroxyl groups excluding tert-OH is 1. The molecule has 0 saturated heterocycles. The molecule has 0 spiro atoms. The molecular weight excluding hydrogens is 244 g/mol. The Kier molecular flexibility index (Phi) is 4.48. The Morgan fingerprint density at radius 3 is 2.24 bits per heavy atom. The van der Waals surface area contributed by atoms with Gasteiger partial charge in [0.25, 0.3) is 0 Å². The van der Waals surface area contributed by atoms with Gasteiger partial charge in [-0.25, -0.2) is 4.79 Å². The number of hydrogen-bond donors (Lipinski definition) is 2. The number of rotatable bonds is 4. The lowest BCUT2D eigenvalue weighted by atomic mass is 10.1. The van der Waals surface area contributed by atoms with Crippen molar-refractivity contribution in [3.05, 3.63) is 58.8 Å². The van der Waals surface area contributed by atoms with Gasteiger partial charge in [0.15, 0.2) is 5.78 Å². The minimum atomic E-state index is -1.45. The third-order valence-electron chi connectivity index (χ3n) is 1.85. The van der Waals surface area contributed by atoms with E-state index in [1.165, 1.54) is 6.08 Å². The van der Waals surface area contributed by atoms with Crippen LogP contribution in [0.2, 0.25) is 5.02 Å². The van der Waals surface area contributed by atoms with E-state index in [0.717, 1.165) is 12.2 Å². The van der Waals surface area contributed by atoms with Gasteiger partial charge in [-0.1, -0.05) is 17.7 Å². The van der Waals surface area contributed by atoms with Crippen LogP contribution in [0.4, 0.5) is 0 Å². The molecular formula is C12H9ClO4. The summed E-state index contributed by atoms with van der Waals surface area (Å²) in [6.45, 7) is 0. The molecule has 0 bridgehead atoms. The van der Waals surface area contributed by atoms with E-state index in [9.17, 15) is 9.59 Å². The quantitative estimate of drug-likeness (QED) is 0.374. The van der Waals surface area contributed by atoms with Crippen molar-refractivity contribution < 1.29 is 19.8 Å². The Bertz CT molecular complexity index is 486. The van der Waals surface area contributed by atoms with Gasteiger partial charge in [0.2, 0.25) is 5.76 Å². The molecule has 0 saturated carbocycles. The van der Waals surface area contributed by atoms with Crippen molar-refractivity contribution in [2.75, 3.05) is 0 Å². The van der Waals surface area contributed by atoms with Gasteiger partial charge in [0.1, 0.15) is 0 Å². The number of carboxylic acids is 1. The molecule has 0 radical (unpaired) electrons. The van der Waals surface area contributed by atoms with Gasteiger partial charge in [-0.05, 0) is 36.4 Å². The molecule has 2 N–H and O–H groups in total. The number of carbonyl (C=O) groups is 2. The van der Waals surface area contributed by atoms with Crippen LogP contribution in [-0.4, -0.2) is 22.0 Å². The highest BCUT2D eigenvalue weighted by atomic mass is 35.5. The minimum Gasteiger partial charge on any atom is -0.502 e. The molecule has 17 heavy (non-hydrogen) atoms. The molecule has 0 atom stereocenters. The van der Waals surface area contributed by atoms with Gasteiger partial charge in [-0.15, -0.1) is 0 Å². The van der Waals surface area contributed by atoms with Crippen LogP contribution in [0.5, 0.6) is 0 Å². The second-order valence-corrected chi connectivity index (χ2v) is 3.52. The zero-order valence-corrected chi connectivity index (χ0v) is 9.39. The maximum atomic E-state index is 11.5. The number of aliphatic hydroxyl groups is 1. The molecule has 0 aliphatic heterocycles. The van der Waals surface area contributed by atoms with Crippen LogP contribution in [0.1, 0.15) is 10.4 Å². The van der Waals surface area contributed by atoms with E-state index in [1.807, 2.05) is 0 Å². The number of allylic oxidation sites excluding steroid dienone is 3. The van der Waals surface area contributed by atoms with Crippen molar-refractivity contribution in [1.82, 2.24) is 0 Å². The van der Waals surface area contributed by atoms with E-state index in [1.54, 1.807) is 24.3 Å². The first-order valence-electron chi connectivity index (χ1n) is 4.61. The van der Waals surface area contributed by atoms with Crippen molar-refractivity contribution in [3.8, 4) is 0 Å². The van der Waals surface area contributed by atoms with E-state index in [-0.39, 0.29) is 5.78 Å². The molecule has 0 amide bonds. The fourth-order valence-electron chi connectivity index (χ4n) is 1.01. The predicted octanol–water partition coefficient (Wildman–Crippen LogP) is 2.61. The molecule has 0 heterocycles. The van der Waals surface area contributed by atoms with E-state index >= 15 is 0 Å². The topological polar surface area (TPSA) is 74.6 Å². The summed E-state index contributed by atoms with van der Waals surface area (Å²) in [5, 5.41) is 17.7. The highest BCUT2D eigenvalue weighted by Crippen LogP contribution is 2.10. The monoisotopic (exact) mass is 252 g/mol. The summed E-state index contributed by atoms with van der Waals surface area (Å²) in [6.07, 6.45) is 3.25. The zero-order chi connectivity index (χ0) is 12.8. The fraction of sp³-hybridized carbons (Fsp3) is 0. The number of carboxylic acid groups (broad SMARTS) is 1. The van der Waals surface area contributed by atoms with Gasteiger partial charge in [-0.2, -0.15) is 0 Å². The normalized spacial score (nSPS) is 11.7. The van der Waals surface area contributed by atoms with E-state index in [0.29, 0.717) is 10.6 Å². The summed E-state index contributed by atoms with van der Waals surface area (Å²) in [6, 6.07) is 6.26. The van der Waals surface area contributed by atoms with Gasteiger partial charge < -0.3 is 10.2 Å². The van der Waals surface area contributed by atoms with E-state index in [4.69, 9.17) is 21.8 Å². The third kappa shape index (κ3) is 4.12. The Morgan fingerprint density at radius 1 is 1.12 bits per heavy atom. The molecule has 4 nitrogen and oxygen atoms in total. The van der Waals surface area contributed by atoms with Gasteiger partial charge in [0, 0.05) is 10.6 Å². The molecule has 1 aromatic carbocycles. The lowest BCUT2D eigenvalue weighted by Gasteiger charge is -1.94. The Balaban J connectivity index is 2.73. The summed E-state index contributed by atoms with van der Waals surface area (Å²) in [5.41, 5.74) is 0.425. The Labute approximate surface area is 102 Å². The van der Waals surface area contributed by atoms with Crippen LogP contribution in [0.3, 0.4) is 0 Å². The van der Waals surface area contributed by atoms with Crippen molar-refractivity contribution in [2.24, 2.45) is 0 Å². The molecule has 0 aromatic heterocycles. The smallest absolute Gasteiger partial charge is 0.370 e. The summed E-state index contributed by atoms with van der Waals surface area (Å²) in [4.78, 5) is 21.7. The molecule has 5 heteroatoms. The zero-order valence-electron chi connectivity index (χ0n) is 8.63. The van der Waals surface area contributed by atoms with Crippen LogP contribution in [0.25, 0.3) is 0 Å². The largest absolute Gasteiger partial charge is 0.502 e. The number of aliphatic carboxylic acids is 1. The van der Waals surface area contributed by atoms with E-state index in [2.05, 4.69) is 0 Å². The average Bonchev–Trinajstić information content (AvgIpc) is 2.29. The summed E-state index contributed by atoms with van der Waals surface area (Å²) in [7, 11) is 0. The third-order valence-corrected chi connectivity index (χ3v) is 2.10. The average molecular weight is 253 g/mol. The highest BCUT2D eigenvalue weighted by Gasteiger charge is 2.02. The van der Waals surface area contributed by atoms with Crippen molar-refractivity contribution in [3.63, 3.8) is 0 Å². The summed E-state index contributed by atoms with van der Waals surface area (Å²) < 4.78 is 0. The first-order valence-corrected chi connectivity index (χ1v) is 4.99. The van der Waals surface area contributed by atoms with Crippen LogP contribution < -0.4 is 0 Å². The van der Waals surface area contributed by atoms with Crippen LogP contribution in [0, 0.1) is 0 Å². The molecule has 0 aliphatic rings. The number of carbonyl (C=O) groups excluding carboxylic acids is 1. The second-order valence-electron chi connectivity index (χ2n) is 3.09. The highest BCUT2D eigenvalue weighted by molar-refractivity contribution is 6.30. The molecule has 0 fully saturated rings. The molecule has 88 valence electrons. The lowest BCUT2D eigenvalue weighted by Crippen LogP contribution is -1.98. The lowest BCUT2D eigenvalue weighted by molar-refractivity contribution is -0.135. The van der Waals surface area contributed by atoms with Gasteiger partial charge in [-0.3, -0.25) is 4.79 Å². The van der Waals surface area contributed by atoms with Crippen LogP contribution in [0.15, 0.2) is 48.3 Å². The van der Waals surface area contributed by atoms with Crippen molar-refractivity contribution in [2.45, 2.75) is 0 Å². The fourth-order valence-corrected chi connectivity index (χ4v) is 1.13. The van der Waals surface area contributed by atoms with E-state index < -0.39 is 11.7 Å². The number of halogens is 1. The predicted molar refractivity (Wildman–Crippen MR) is 63.3 cm³/mol. The van der Waals surface area contributed by atoms with Crippen molar-refractivity contribution >= 4 is 23.4 Å². The SMILES string of the molecule is O=C(O)C(O)=CC=CC(=O)c1ccc(Cl)cc1. The van der Waals surface area contributed by atoms with Crippen LogP contribution >= 0.6 is 11.6 Å². The first-order chi connectivity index (χ1) is 8.00. The molecule has 1 rings (SSSR count). The number of hydrogen-bond acceptors (Lipinski definition) is 3. The number of ketones is 1. The molecule has 1 aromatic rings. The number of benzene rings is 1. The second kappa shape index (κ2) is 5.86. The Morgan fingerprint density at radius 2 is 1.71 bits per heavy atom. The van der Waals surface area contributed by atoms with Gasteiger partial charge in [0.05, 0.1) is 0 Å². The standard InChI is InChI=1S/C12H9ClO4/c13-9-6-4-8(5-7-9)10(14)2-1-3-11(15)12(16)17/h1-7,15H,(H,16,17). The minimum absolute atomic E-state index is 0.309. The first kappa shape index (κ1) is 13.0. The summed E-state index contributed by atoms with van der Waals surface area (Å²) >= 11 is 5.66. The van der Waals surface area contributed by atoms with Crippen molar-refractivity contribution in [1.29, 1.82) is 0 Å². The molecule has 0 unspecified atom stereocenters. The Hall–Kier alpha value is -2.07. The molecule has 0 aliphatic carbocycles. The maximum Gasteiger partial charge on any atom is 0.370 e. The van der Waals surface area contributed by atoms with Gasteiger partial charge >= 0.3 is 5.97 Å². The maximum absolute atomic E-state index is 11.5. The summed E-state index contributed by atoms with van der Waals surface area (Å²) in [5.74, 6) is -2.59. The van der Waals surface area contributed by atoms with Crippen LogP contribution in [-0.2, 0) is 4.79 Å².